The highest BCUT2D eigenvalue weighted by molar-refractivity contribution is 5.40. The van der Waals surface area contributed by atoms with Crippen LogP contribution in [0.5, 0.6) is 6.01 Å². The normalized spacial score (nSPS) is 18.7. The van der Waals surface area contributed by atoms with Crippen LogP contribution >= 0.6 is 0 Å². The van der Waals surface area contributed by atoms with Gasteiger partial charge in [0.05, 0.1) is 0 Å². The van der Waals surface area contributed by atoms with Gasteiger partial charge in [0.15, 0.2) is 0 Å². The highest BCUT2D eigenvalue weighted by Gasteiger charge is 2.43. The van der Waals surface area contributed by atoms with Crippen LogP contribution < -0.4 is 15.0 Å². The third-order valence-electron chi connectivity index (χ3n) is 5.56. The molecule has 1 aromatic rings. The number of rotatable bonds is 10. The Bertz CT molecular complexity index is 702. The minimum atomic E-state index is 0.0646. The Morgan fingerprint density at radius 2 is 1.62 bits per heavy atom. The molecule has 29 heavy (non-hydrogen) atoms. The predicted octanol–water partition coefficient (Wildman–Crippen LogP) is 3.68. The second-order valence-corrected chi connectivity index (χ2v) is 8.76. The highest BCUT2D eigenvalue weighted by Crippen LogP contribution is 2.37. The first kappa shape index (κ1) is 22.9. The number of piperidine rings is 1. The number of anilines is 2. The molecular weight excluding hydrogens is 364 g/mol. The Balaban J connectivity index is 2.32. The fourth-order valence-corrected chi connectivity index (χ4v) is 3.96. The summed E-state index contributed by atoms with van der Waals surface area (Å²) in [6, 6.07) is 0.521. The van der Waals surface area contributed by atoms with Crippen LogP contribution in [0.4, 0.5) is 11.9 Å². The van der Waals surface area contributed by atoms with E-state index in [0.29, 0.717) is 31.6 Å². The summed E-state index contributed by atoms with van der Waals surface area (Å²) in [6.45, 7) is 22.0. The molecule has 0 unspecified atom stereocenters. The number of nitrogens with zero attached hydrogens (tertiary/aromatic N) is 5. The fraction of sp³-hybridized carbons (Fsp3) is 0.591. The van der Waals surface area contributed by atoms with E-state index in [0.717, 1.165) is 12.8 Å². The van der Waals surface area contributed by atoms with Crippen LogP contribution in [0.15, 0.2) is 38.0 Å². The van der Waals surface area contributed by atoms with E-state index in [1.807, 2.05) is 17.1 Å². The third-order valence-corrected chi connectivity index (χ3v) is 5.56. The van der Waals surface area contributed by atoms with Crippen molar-refractivity contribution in [2.75, 3.05) is 37.0 Å². The summed E-state index contributed by atoms with van der Waals surface area (Å²) in [6.07, 6.45) is 7.27. The minimum Gasteiger partial charge on any atom is -0.459 e. The maximum absolute atomic E-state index is 5.62. The van der Waals surface area contributed by atoms with E-state index in [2.05, 4.69) is 79.6 Å². The van der Waals surface area contributed by atoms with Crippen molar-refractivity contribution in [2.24, 2.45) is 0 Å². The monoisotopic (exact) mass is 400 g/mol. The molecule has 1 saturated heterocycles. The second kappa shape index (κ2) is 9.39. The van der Waals surface area contributed by atoms with Gasteiger partial charge in [0.2, 0.25) is 11.9 Å². The first-order valence-electron chi connectivity index (χ1n) is 10.1. The van der Waals surface area contributed by atoms with E-state index < -0.39 is 0 Å². The van der Waals surface area contributed by atoms with Crippen LogP contribution in [0.1, 0.15) is 40.5 Å². The van der Waals surface area contributed by atoms with E-state index >= 15 is 0 Å². The van der Waals surface area contributed by atoms with E-state index in [4.69, 9.17) is 4.74 Å². The number of hydrogen-bond donors (Lipinski definition) is 1. The molecule has 0 bridgehead atoms. The van der Waals surface area contributed by atoms with Crippen LogP contribution in [0.2, 0.25) is 0 Å². The first-order valence-corrected chi connectivity index (χ1v) is 10.1. The highest BCUT2D eigenvalue weighted by atomic mass is 16.5. The van der Waals surface area contributed by atoms with Crippen molar-refractivity contribution in [1.29, 1.82) is 0 Å². The van der Waals surface area contributed by atoms with E-state index in [1.165, 1.54) is 0 Å². The lowest BCUT2D eigenvalue weighted by Gasteiger charge is -2.53. The Morgan fingerprint density at radius 3 is 2.14 bits per heavy atom. The Labute approximate surface area is 175 Å². The van der Waals surface area contributed by atoms with Gasteiger partial charge in [-0.2, -0.15) is 15.0 Å². The Kier molecular flexibility index (Phi) is 7.41. The molecule has 0 spiro atoms. The van der Waals surface area contributed by atoms with Crippen molar-refractivity contribution in [2.45, 2.75) is 57.7 Å². The SMILES string of the molecule is C=CCOc1nc(NC2CC(C)(C)N(C)C(C)(C)C2)nc(N(CC=C)CC=C)n1. The molecule has 7 nitrogen and oxygen atoms in total. The lowest BCUT2D eigenvalue weighted by Crippen LogP contribution is -2.61. The van der Waals surface area contributed by atoms with Crippen LogP contribution in [0.25, 0.3) is 0 Å². The summed E-state index contributed by atoms with van der Waals surface area (Å²) < 4.78 is 5.62. The number of likely N-dealkylation sites (tertiary alicyclic amines) is 1. The lowest BCUT2D eigenvalue weighted by molar-refractivity contribution is -0.00779. The minimum absolute atomic E-state index is 0.0646. The second-order valence-electron chi connectivity index (χ2n) is 8.76. The topological polar surface area (TPSA) is 66.4 Å². The van der Waals surface area contributed by atoms with Gasteiger partial charge in [-0.15, -0.1) is 13.2 Å². The quantitative estimate of drug-likeness (QED) is 0.601. The van der Waals surface area contributed by atoms with Gasteiger partial charge in [0, 0.05) is 30.2 Å². The molecule has 160 valence electrons. The summed E-state index contributed by atoms with van der Waals surface area (Å²) in [5, 5.41) is 3.54. The first-order chi connectivity index (χ1) is 13.6. The number of aromatic nitrogens is 3. The standard InChI is InChI=1S/C22H36N6O/c1-9-12-28(13-10-2)19-24-18(25-20(26-19)29-14-11-3)23-17-15-21(4,5)27(8)22(6,7)16-17/h9-11,17H,1-3,12-16H2,4-8H3,(H,23,24,25,26). The number of nitrogens with one attached hydrogen (secondary N) is 1. The zero-order chi connectivity index (χ0) is 21.7. The van der Waals surface area contributed by atoms with Crippen LogP contribution in [0, 0.1) is 0 Å². The van der Waals surface area contributed by atoms with Crippen LogP contribution in [-0.4, -0.2) is 63.7 Å². The zero-order valence-corrected chi connectivity index (χ0v) is 18.6. The molecule has 0 aliphatic carbocycles. The van der Waals surface area contributed by atoms with Gasteiger partial charge in [-0.1, -0.05) is 24.8 Å². The Hall–Kier alpha value is -2.41. The largest absolute Gasteiger partial charge is 0.459 e. The lowest BCUT2D eigenvalue weighted by atomic mass is 9.77. The average molecular weight is 401 g/mol. The fourth-order valence-electron chi connectivity index (χ4n) is 3.96. The van der Waals surface area contributed by atoms with Gasteiger partial charge < -0.3 is 15.0 Å². The Morgan fingerprint density at radius 1 is 1.03 bits per heavy atom. The smallest absolute Gasteiger partial charge is 0.323 e. The number of hydrogen-bond acceptors (Lipinski definition) is 7. The summed E-state index contributed by atoms with van der Waals surface area (Å²) in [4.78, 5) is 18.0. The maximum Gasteiger partial charge on any atom is 0.323 e. The molecule has 2 rings (SSSR count). The van der Waals surface area contributed by atoms with Gasteiger partial charge in [0.1, 0.15) is 6.61 Å². The molecule has 0 radical (unpaired) electrons. The van der Waals surface area contributed by atoms with Crippen molar-refractivity contribution in [3.63, 3.8) is 0 Å². The molecule has 0 amide bonds. The molecule has 0 aromatic carbocycles. The molecular formula is C22H36N6O. The predicted molar refractivity (Wildman–Crippen MR) is 121 cm³/mol. The van der Waals surface area contributed by atoms with E-state index in [9.17, 15) is 0 Å². The molecule has 1 fully saturated rings. The van der Waals surface area contributed by atoms with Gasteiger partial charge in [0.25, 0.3) is 0 Å². The van der Waals surface area contributed by atoms with E-state index in [-0.39, 0.29) is 23.1 Å². The van der Waals surface area contributed by atoms with Crippen molar-refractivity contribution in [3.05, 3.63) is 38.0 Å². The molecule has 0 atom stereocenters. The molecule has 1 aliphatic heterocycles. The summed E-state index contributed by atoms with van der Waals surface area (Å²) >= 11 is 0. The van der Waals surface area contributed by atoms with Gasteiger partial charge in [-0.3, -0.25) is 4.90 Å². The van der Waals surface area contributed by atoms with Gasteiger partial charge in [-0.05, 0) is 47.6 Å². The summed E-state index contributed by atoms with van der Waals surface area (Å²) in [7, 11) is 2.20. The van der Waals surface area contributed by atoms with Crippen LogP contribution in [-0.2, 0) is 0 Å². The van der Waals surface area contributed by atoms with Gasteiger partial charge in [-0.25, -0.2) is 0 Å². The molecule has 7 heteroatoms. The van der Waals surface area contributed by atoms with Crippen LogP contribution in [0.3, 0.4) is 0 Å². The average Bonchev–Trinajstić information content (AvgIpc) is 2.63. The van der Waals surface area contributed by atoms with Crippen molar-refractivity contribution in [3.8, 4) is 6.01 Å². The summed E-state index contributed by atoms with van der Waals surface area (Å²) in [5.41, 5.74) is 0.129. The molecule has 1 N–H and O–H groups in total. The summed E-state index contributed by atoms with van der Waals surface area (Å²) in [5.74, 6) is 1.06. The van der Waals surface area contributed by atoms with Gasteiger partial charge >= 0.3 is 6.01 Å². The molecule has 1 aromatic heterocycles. The van der Waals surface area contributed by atoms with Crippen molar-refractivity contribution < 1.29 is 4.74 Å². The van der Waals surface area contributed by atoms with E-state index in [1.54, 1.807) is 6.08 Å². The van der Waals surface area contributed by atoms with Crippen molar-refractivity contribution in [1.82, 2.24) is 19.9 Å². The van der Waals surface area contributed by atoms with Crippen molar-refractivity contribution >= 4 is 11.9 Å². The maximum atomic E-state index is 5.62. The molecule has 0 saturated carbocycles. The number of ether oxygens (including phenoxy) is 1. The third kappa shape index (κ3) is 5.79. The zero-order valence-electron chi connectivity index (χ0n) is 18.6. The molecule has 1 aliphatic rings. The molecule has 2 heterocycles.